The summed E-state index contributed by atoms with van der Waals surface area (Å²) in [6, 6.07) is 10.7. The lowest BCUT2D eigenvalue weighted by atomic mass is 9.86. The Morgan fingerprint density at radius 2 is 1.88 bits per heavy atom. The Morgan fingerprint density at radius 1 is 1.15 bits per heavy atom. The van der Waals surface area contributed by atoms with E-state index >= 15 is 0 Å². The van der Waals surface area contributed by atoms with Crippen LogP contribution >= 0.6 is 0 Å². The van der Waals surface area contributed by atoms with Gasteiger partial charge in [-0.3, -0.25) is 4.79 Å². The molecule has 2 aliphatic rings. The zero-order chi connectivity index (χ0) is 23.6. The SMILES string of the molecule is CS(=O)(=O)c1ccc(OCC2CCC2)c(C(=O)N2CCN(c3ccc(C#N)cc3F)CC2)c1. The highest BCUT2D eigenvalue weighted by Gasteiger charge is 2.27. The number of amides is 1. The van der Waals surface area contributed by atoms with E-state index < -0.39 is 15.7 Å². The van der Waals surface area contributed by atoms with Crippen molar-refractivity contribution in [1.29, 1.82) is 5.26 Å². The van der Waals surface area contributed by atoms with E-state index in [9.17, 15) is 17.6 Å². The molecule has 9 heteroatoms. The Morgan fingerprint density at radius 3 is 2.45 bits per heavy atom. The number of nitriles is 1. The summed E-state index contributed by atoms with van der Waals surface area (Å²) >= 11 is 0. The summed E-state index contributed by atoms with van der Waals surface area (Å²) in [5.74, 6) is 0.0821. The van der Waals surface area contributed by atoms with Gasteiger partial charge in [0, 0.05) is 32.4 Å². The van der Waals surface area contributed by atoms with Gasteiger partial charge in [-0.1, -0.05) is 6.42 Å². The molecular formula is C24H26FN3O4S. The third-order valence-electron chi connectivity index (χ3n) is 6.29. The summed E-state index contributed by atoms with van der Waals surface area (Å²) in [6.45, 7) is 2.04. The molecule has 2 aromatic carbocycles. The van der Waals surface area contributed by atoms with Crippen LogP contribution < -0.4 is 9.64 Å². The number of piperazine rings is 1. The topological polar surface area (TPSA) is 90.7 Å². The van der Waals surface area contributed by atoms with Gasteiger partial charge in [-0.15, -0.1) is 0 Å². The smallest absolute Gasteiger partial charge is 0.257 e. The van der Waals surface area contributed by atoms with E-state index in [-0.39, 0.29) is 21.9 Å². The molecule has 0 N–H and O–H groups in total. The van der Waals surface area contributed by atoms with E-state index in [1.54, 1.807) is 23.1 Å². The molecule has 7 nitrogen and oxygen atoms in total. The second-order valence-electron chi connectivity index (χ2n) is 8.60. The molecule has 0 spiro atoms. The molecule has 1 amide bonds. The minimum atomic E-state index is -3.49. The van der Waals surface area contributed by atoms with Crippen LogP contribution in [0.3, 0.4) is 0 Å². The Labute approximate surface area is 193 Å². The zero-order valence-electron chi connectivity index (χ0n) is 18.5. The van der Waals surface area contributed by atoms with Crippen molar-refractivity contribution in [3.63, 3.8) is 0 Å². The first kappa shape index (κ1) is 23.1. The Bertz CT molecular complexity index is 1200. The molecule has 0 atom stereocenters. The van der Waals surface area contributed by atoms with Crippen molar-refractivity contribution >= 4 is 21.4 Å². The van der Waals surface area contributed by atoms with Crippen LogP contribution in [0.1, 0.15) is 35.2 Å². The Hall–Kier alpha value is -3.12. The predicted molar refractivity (Wildman–Crippen MR) is 122 cm³/mol. The van der Waals surface area contributed by atoms with Crippen LogP contribution in [0.15, 0.2) is 41.3 Å². The van der Waals surface area contributed by atoms with Crippen LogP contribution in [-0.2, 0) is 9.84 Å². The molecule has 33 heavy (non-hydrogen) atoms. The molecule has 174 valence electrons. The van der Waals surface area contributed by atoms with Crippen LogP contribution in [0.2, 0.25) is 0 Å². The summed E-state index contributed by atoms with van der Waals surface area (Å²) < 4.78 is 44.4. The van der Waals surface area contributed by atoms with E-state index in [2.05, 4.69) is 0 Å². The van der Waals surface area contributed by atoms with Gasteiger partial charge in [-0.25, -0.2) is 12.8 Å². The van der Waals surface area contributed by atoms with Gasteiger partial charge < -0.3 is 14.5 Å². The highest BCUT2D eigenvalue weighted by atomic mass is 32.2. The zero-order valence-corrected chi connectivity index (χ0v) is 19.3. The minimum absolute atomic E-state index is 0.0696. The number of ether oxygens (including phenoxy) is 1. The van der Waals surface area contributed by atoms with Gasteiger partial charge in [0.2, 0.25) is 0 Å². The maximum absolute atomic E-state index is 14.4. The van der Waals surface area contributed by atoms with Crippen LogP contribution in [0.25, 0.3) is 0 Å². The van der Waals surface area contributed by atoms with E-state index in [0.717, 1.165) is 19.1 Å². The van der Waals surface area contributed by atoms with Crippen LogP contribution in [0.4, 0.5) is 10.1 Å². The van der Waals surface area contributed by atoms with Gasteiger partial charge in [0.1, 0.15) is 11.6 Å². The molecule has 1 saturated carbocycles. The first-order chi connectivity index (χ1) is 15.8. The fraction of sp³-hybridized carbons (Fsp3) is 0.417. The van der Waals surface area contributed by atoms with Crippen molar-refractivity contribution in [1.82, 2.24) is 4.90 Å². The quantitative estimate of drug-likeness (QED) is 0.643. The summed E-state index contributed by atoms with van der Waals surface area (Å²) in [4.78, 5) is 16.9. The fourth-order valence-corrected chi connectivity index (χ4v) is 4.70. The van der Waals surface area contributed by atoms with E-state index in [1.807, 2.05) is 11.0 Å². The van der Waals surface area contributed by atoms with Crippen molar-refractivity contribution in [2.75, 3.05) is 43.9 Å². The first-order valence-corrected chi connectivity index (χ1v) is 12.9. The standard InChI is InChI=1S/C24H26FN3O4S/c1-33(30,31)19-6-8-23(32-16-17-3-2-4-17)20(14-19)24(29)28-11-9-27(10-12-28)22-7-5-18(15-26)13-21(22)25/h5-8,13-14,17H,2-4,9-12,16H2,1H3. The number of hydrogen-bond acceptors (Lipinski definition) is 6. The molecule has 2 aromatic rings. The third-order valence-corrected chi connectivity index (χ3v) is 7.40. The number of nitrogens with zero attached hydrogens (tertiary/aromatic N) is 3. The largest absolute Gasteiger partial charge is 0.492 e. The molecule has 1 heterocycles. The second kappa shape index (κ2) is 9.40. The normalized spacial score (nSPS) is 16.8. The van der Waals surface area contributed by atoms with Gasteiger partial charge in [0.25, 0.3) is 5.91 Å². The van der Waals surface area contributed by atoms with E-state index in [4.69, 9.17) is 10.00 Å². The average molecular weight is 472 g/mol. The lowest BCUT2D eigenvalue weighted by molar-refractivity contribution is 0.0739. The highest BCUT2D eigenvalue weighted by molar-refractivity contribution is 7.90. The van der Waals surface area contributed by atoms with Crippen molar-refractivity contribution in [2.24, 2.45) is 5.92 Å². The molecule has 1 aliphatic carbocycles. The van der Waals surface area contributed by atoms with Gasteiger partial charge in [0.05, 0.1) is 34.4 Å². The lowest BCUT2D eigenvalue weighted by Gasteiger charge is -2.36. The summed E-state index contributed by atoms with van der Waals surface area (Å²) in [7, 11) is -3.49. The van der Waals surface area contributed by atoms with Crippen LogP contribution in [0.5, 0.6) is 5.75 Å². The van der Waals surface area contributed by atoms with Crippen molar-refractivity contribution in [3.8, 4) is 11.8 Å². The second-order valence-corrected chi connectivity index (χ2v) is 10.6. The molecule has 0 unspecified atom stereocenters. The Kier molecular flexibility index (Phi) is 6.56. The van der Waals surface area contributed by atoms with Crippen molar-refractivity contribution in [2.45, 2.75) is 24.2 Å². The van der Waals surface area contributed by atoms with Crippen LogP contribution in [0, 0.1) is 23.1 Å². The molecule has 0 bridgehead atoms. The average Bonchev–Trinajstić information content (AvgIpc) is 2.77. The maximum atomic E-state index is 14.4. The molecule has 0 aromatic heterocycles. The molecule has 4 rings (SSSR count). The Balaban J connectivity index is 1.50. The number of rotatable bonds is 6. The first-order valence-electron chi connectivity index (χ1n) is 11.0. The van der Waals surface area contributed by atoms with Crippen molar-refractivity contribution in [3.05, 3.63) is 53.3 Å². The summed E-state index contributed by atoms with van der Waals surface area (Å²) in [5.41, 5.74) is 0.880. The number of halogens is 1. The molecule has 0 radical (unpaired) electrons. The number of benzene rings is 2. The number of sulfone groups is 1. The summed E-state index contributed by atoms with van der Waals surface area (Å²) in [5, 5.41) is 8.92. The highest BCUT2D eigenvalue weighted by Crippen LogP contribution is 2.30. The van der Waals surface area contributed by atoms with E-state index in [1.165, 1.54) is 24.6 Å². The predicted octanol–water partition coefficient (Wildman–Crippen LogP) is 3.24. The molecule has 1 aliphatic heterocycles. The molecule has 1 saturated heterocycles. The van der Waals surface area contributed by atoms with Gasteiger partial charge in [0.15, 0.2) is 9.84 Å². The van der Waals surface area contributed by atoms with Gasteiger partial charge in [-0.2, -0.15) is 5.26 Å². The monoisotopic (exact) mass is 471 g/mol. The summed E-state index contributed by atoms with van der Waals surface area (Å²) in [6.07, 6.45) is 4.48. The fourth-order valence-electron chi connectivity index (χ4n) is 4.05. The minimum Gasteiger partial charge on any atom is -0.492 e. The van der Waals surface area contributed by atoms with Gasteiger partial charge in [-0.05, 0) is 55.2 Å². The van der Waals surface area contributed by atoms with Crippen LogP contribution in [-0.4, -0.2) is 58.3 Å². The maximum Gasteiger partial charge on any atom is 0.257 e. The van der Waals surface area contributed by atoms with Gasteiger partial charge >= 0.3 is 0 Å². The third kappa shape index (κ3) is 5.11. The van der Waals surface area contributed by atoms with Crippen molar-refractivity contribution < 1.29 is 22.3 Å². The number of hydrogen-bond donors (Lipinski definition) is 0. The number of carbonyl (C=O) groups is 1. The molecular weight excluding hydrogens is 445 g/mol. The number of anilines is 1. The lowest BCUT2D eigenvalue weighted by Crippen LogP contribution is -2.49. The number of carbonyl (C=O) groups excluding carboxylic acids is 1. The molecule has 2 fully saturated rings. The van der Waals surface area contributed by atoms with E-state index in [0.29, 0.717) is 50.1 Å².